The van der Waals surface area contributed by atoms with Gasteiger partial charge in [0.05, 0.1) is 19.9 Å². The van der Waals surface area contributed by atoms with E-state index in [0.29, 0.717) is 23.7 Å². The van der Waals surface area contributed by atoms with Gasteiger partial charge in [0.15, 0.2) is 0 Å². The van der Waals surface area contributed by atoms with E-state index < -0.39 is 11.8 Å². The molecule has 0 saturated carbocycles. The van der Waals surface area contributed by atoms with E-state index in [1.54, 1.807) is 25.3 Å². The summed E-state index contributed by atoms with van der Waals surface area (Å²) < 4.78 is 10.3. The summed E-state index contributed by atoms with van der Waals surface area (Å²) in [6.07, 6.45) is 0. The summed E-state index contributed by atoms with van der Waals surface area (Å²) in [4.78, 5) is 26.1. The zero-order valence-corrected chi connectivity index (χ0v) is 14.1. The minimum absolute atomic E-state index is 0.417. The number of hydrogen-bond acceptors (Lipinski definition) is 6. The number of carbonyl (C=O) groups is 2. The molecule has 0 aliphatic carbocycles. The predicted molar refractivity (Wildman–Crippen MR) is 90.5 cm³/mol. The van der Waals surface area contributed by atoms with Gasteiger partial charge in [-0.05, 0) is 12.1 Å². The largest absolute Gasteiger partial charge is 0.497 e. The summed E-state index contributed by atoms with van der Waals surface area (Å²) in [6, 6.07) is 4.95. The third-order valence-corrected chi connectivity index (χ3v) is 3.79. The molecule has 8 nitrogen and oxygen atoms in total. The first-order chi connectivity index (χ1) is 11.6. The van der Waals surface area contributed by atoms with Crippen molar-refractivity contribution in [3.8, 4) is 11.5 Å². The number of methoxy groups -OCH3 is 2. The zero-order valence-electron chi connectivity index (χ0n) is 14.1. The third kappa shape index (κ3) is 5.10. The maximum Gasteiger partial charge on any atom is 0.313 e. The van der Waals surface area contributed by atoms with Gasteiger partial charge >= 0.3 is 11.8 Å². The number of nitrogens with one attached hydrogen (secondary N) is 3. The van der Waals surface area contributed by atoms with E-state index in [4.69, 9.17) is 9.47 Å². The molecule has 1 aliphatic heterocycles. The van der Waals surface area contributed by atoms with Gasteiger partial charge in [-0.2, -0.15) is 0 Å². The van der Waals surface area contributed by atoms with Crippen molar-refractivity contribution >= 4 is 17.5 Å². The van der Waals surface area contributed by atoms with Gasteiger partial charge in [-0.1, -0.05) is 0 Å². The fourth-order valence-electron chi connectivity index (χ4n) is 2.42. The van der Waals surface area contributed by atoms with Gasteiger partial charge in [0.1, 0.15) is 11.5 Å². The summed E-state index contributed by atoms with van der Waals surface area (Å²) >= 11 is 0. The summed E-state index contributed by atoms with van der Waals surface area (Å²) in [5, 5.41) is 8.44. The van der Waals surface area contributed by atoms with Crippen LogP contribution in [0.15, 0.2) is 18.2 Å². The molecule has 0 spiro atoms. The molecular formula is C16H24N4O4. The summed E-state index contributed by atoms with van der Waals surface area (Å²) in [5.41, 5.74) is 0.417. The molecule has 0 bridgehead atoms. The Balaban J connectivity index is 1.81. The number of hydrogen-bond donors (Lipinski definition) is 3. The van der Waals surface area contributed by atoms with Crippen LogP contribution in [-0.4, -0.2) is 70.2 Å². The lowest BCUT2D eigenvalue weighted by atomic mass is 10.2. The normalized spacial score (nSPS) is 14.8. The molecule has 8 heteroatoms. The molecular weight excluding hydrogens is 312 g/mol. The number of ether oxygens (including phenoxy) is 2. The molecule has 2 amide bonds. The van der Waals surface area contributed by atoms with Crippen molar-refractivity contribution in [3.63, 3.8) is 0 Å². The zero-order chi connectivity index (χ0) is 17.4. The Hall–Kier alpha value is -2.32. The van der Waals surface area contributed by atoms with Crippen LogP contribution in [-0.2, 0) is 9.59 Å². The highest BCUT2D eigenvalue weighted by Gasteiger charge is 2.16. The molecule has 1 saturated heterocycles. The molecule has 132 valence electrons. The smallest absolute Gasteiger partial charge is 0.313 e. The Labute approximate surface area is 141 Å². The molecule has 1 fully saturated rings. The van der Waals surface area contributed by atoms with Gasteiger partial charge in [0.2, 0.25) is 0 Å². The van der Waals surface area contributed by atoms with Crippen LogP contribution in [0.25, 0.3) is 0 Å². The van der Waals surface area contributed by atoms with Gasteiger partial charge in [-0.15, -0.1) is 0 Å². The van der Waals surface area contributed by atoms with Crippen LogP contribution >= 0.6 is 0 Å². The summed E-state index contributed by atoms with van der Waals surface area (Å²) in [6.45, 7) is 4.96. The van der Waals surface area contributed by atoms with Crippen molar-refractivity contribution in [2.45, 2.75) is 0 Å². The number of nitrogens with zero attached hydrogens (tertiary/aromatic N) is 1. The van der Waals surface area contributed by atoms with E-state index in [0.717, 1.165) is 32.7 Å². The monoisotopic (exact) mass is 336 g/mol. The molecule has 0 radical (unpaired) electrons. The first kappa shape index (κ1) is 18.0. The first-order valence-electron chi connectivity index (χ1n) is 7.88. The highest BCUT2D eigenvalue weighted by molar-refractivity contribution is 6.39. The van der Waals surface area contributed by atoms with Crippen molar-refractivity contribution in [1.82, 2.24) is 15.5 Å². The van der Waals surface area contributed by atoms with Crippen LogP contribution in [0.4, 0.5) is 5.69 Å². The van der Waals surface area contributed by atoms with Crippen molar-refractivity contribution in [2.24, 2.45) is 0 Å². The molecule has 1 aromatic carbocycles. The Morgan fingerprint density at radius 1 is 1.17 bits per heavy atom. The second-order valence-corrected chi connectivity index (χ2v) is 5.37. The number of benzene rings is 1. The van der Waals surface area contributed by atoms with Gasteiger partial charge in [0.25, 0.3) is 0 Å². The lowest BCUT2D eigenvalue weighted by Gasteiger charge is -2.26. The molecule has 24 heavy (non-hydrogen) atoms. The minimum atomic E-state index is -0.723. The molecule has 1 heterocycles. The van der Waals surface area contributed by atoms with E-state index in [-0.39, 0.29) is 0 Å². The molecule has 0 unspecified atom stereocenters. The molecule has 2 rings (SSSR count). The summed E-state index contributed by atoms with van der Waals surface area (Å²) in [7, 11) is 3.02. The second kappa shape index (κ2) is 9.09. The van der Waals surface area contributed by atoms with Crippen LogP contribution in [0, 0.1) is 0 Å². The Morgan fingerprint density at radius 2 is 1.92 bits per heavy atom. The maximum atomic E-state index is 12.0. The van der Waals surface area contributed by atoms with Crippen molar-refractivity contribution in [3.05, 3.63) is 18.2 Å². The van der Waals surface area contributed by atoms with E-state index in [1.807, 2.05) is 0 Å². The van der Waals surface area contributed by atoms with Crippen LogP contribution in [0.1, 0.15) is 0 Å². The number of amides is 2. The Kier molecular flexibility index (Phi) is 6.83. The molecule has 1 aliphatic rings. The van der Waals surface area contributed by atoms with E-state index >= 15 is 0 Å². The van der Waals surface area contributed by atoms with Crippen LogP contribution in [0.3, 0.4) is 0 Å². The predicted octanol–water partition coefficient (Wildman–Crippen LogP) is -0.336. The molecule has 1 aromatic rings. The second-order valence-electron chi connectivity index (χ2n) is 5.37. The Morgan fingerprint density at radius 3 is 2.58 bits per heavy atom. The quantitative estimate of drug-likeness (QED) is 0.616. The highest BCUT2D eigenvalue weighted by Crippen LogP contribution is 2.28. The van der Waals surface area contributed by atoms with Gasteiger partial charge in [-0.3, -0.25) is 14.5 Å². The van der Waals surface area contributed by atoms with Gasteiger partial charge < -0.3 is 25.4 Å². The lowest BCUT2D eigenvalue weighted by molar-refractivity contribution is -0.136. The third-order valence-electron chi connectivity index (χ3n) is 3.79. The Bertz CT molecular complexity index is 573. The fraction of sp³-hybridized carbons (Fsp3) is 0.500. The topological polar surface area (TPSA) is 91.9 Å². The maximum absolute atomic E-state index is 12.0. The number of carbonyl (C=O) groups excluding carboxylic acids is 2. The van der Waals surface area contributed by atoms with Crippen LogP contribution in [0.5, 0.6) is 11.5 Å². The molecule has 3 N–H and O–H groups in total. The number of piperazine rings is 1. The summed E-state index contributed by atoms with van der Waals surface area (Å²) in [5.74, 6) is -0.358. The van der Waals surface area contributed by atoms with Crippen LogP contribution in [0.2, 0.25) is 0 Å². The highest BCUT2D eigenvalue weighted by atomic mass is 16.5. The fourth-order valence-corrected chi connectivity index (χ4v) is 2.42. The average Bonchev–Trinajstić information content (AvgIpc) is 2.62. The number of anilines is 1. The SMILES string of the molecule is COc1ccc(NC(=O)C(=O)NCCN2CCNCC2)c(OC)c1. The average molecular weight is 336 g/mol. The lowest BCUT2D eigenvalue weighted by Crippen LogP contribution is -2.47. The van der Waals surface area contributed by atoms with E-state index in [9.17, 15) is 9.59 Å². The van der Waals surface area contributed by atoms with Crippen molar-refractivity contribution in [2.75, 3.05) is 58.8 Å². The van der Waals surface area contributed by atoms with Crippen LogP contribution < -0.4 is 25.4 Å². The molecule has 0 aromatic heterocycles. The van der Waals surface area contributed by atoms with Crippen molar-refractivity contribution in [1.29, 1.82) is 0 Å². The first-order valence-corrected chi connectivity index (χ1v) is 7.88. The van der Waals surface area contributed by atoms with Gasteiger partial charge in [0, 0.05) is 45.3 Å². The molecule has 0 atom stereocenters. The number of rotatable bonds is 6. The van der Waals surface area contributed by atoms with E-state index in [1.165, 1.54) is 7.11 Å². The minimum Gasteiger partial charge on any atom is -0.497 e. The van der Waals surface area contributed by atoms with Crippen molar-refractivity contribution < 1.29 is 19.1 Å². The van der Waals surface area contributed by atoms with E-state index in [2.05, 4.69) is 20.9 Å². The standard InChI is InChI=1S/C16H24N4O4/c1-23-12-3-4-13(14(11-12)24-2)19-16(22)15(21)18-7-10-20-8-5-17-6-9-20/h3-4,11,17H,5-10H2,1-2H3,(H,18,21)(H,19,22). The van der Waals surface area contributed by atoms with Gasteiger partial charge in [-0.25, -0.2) is 0 Å².